The largest absolute Gasteiger partial charge is 0.355 e. The van der Waals surface area contributed by atoms with Crippen LogP contribution in [0.1, 0.15) is 25.7 Å². The number of rotatable bonds is 2. The molecule has 2 N–H and O–H groups in total. The zero-order chi connectivity index (χ0) is 16.1. The molecule has 7 heteroatoms. The molecule has 7 nitrogen and oxygen atoms in total. The van der Waals surface area contributed by atoms with Gasteiger partial charge in [-0.3, -0.25) is 5.73 Å². The number of aromatic nitrogens is 2. The number of nitrogens with two attached hydrogens (primary N) is 1. The molecule has 5 aliphatic heterocycles. The zero-order valence-electron chi connectivity index (χ0n) is 14.1. The van der Waals surface area contributed by atoms with Gasteiger partial charge in [0.25, 0.3) is 0 Å². The van der Waals surface area contributed by atoms with Gasteiger partial charge in [0.15, 0.2) is 6.35 Å². The summed E-state index contributed by atoms with van der Waals surface area (Å²) in [7, 11) is 0. The Morgan fingerprint density at radius 1 is 1.00 bits per heavy atom. The first kappa shape index (κ1) is 14.9. The minimum absolute atomic E-state index is 0.120. The summed E-state index contributed by atoms with van der Waals surface area (Å²) in [6.07, 6.45) is 8.26. The highest BCUT2D eigenvalue weighted by atomic mass is 16.6. The van der Waals surface area contributed by atoms with E-state index >= 15 is 0 Å². The van der Waals surface area contributed by atoms with Crippen molar-refractivity contribution in [2.75, 3.05) is 49.1 Å². The molecule has 1 spiro atoms. The Morgan fingerprint density at radius 2 is 1.71 bits per heavy atom. The third-order valence-corrected chi connectivity index (χ3v) is 6.27. The Morgan fingerprint density at radius 3 is 2.33 bits per heavy atom. The average molecular weight is 330 g/mol. The van der Waals surface area contributed by atoms with Crippen molar-refractivity contribution in [3.63, 3.8) is 0 Å². The SMILES string of the molecule is NC1OC2(CN3CCC2CC3)CN1c1cnc(N2CCCC2)cn1. The van der Waals surface area contributed by atoms with Crippen molar-refractivity contribution in [2.24, 2.45) is 11.7 Å². The first-order valence-corrected chi connectivity index (χ1v) is 9.23. The van der Waals surface area contributed by atoms with E-state index in [2.05, 4.69) is 24.7 Å². The van der Waals surface area contributed by atoms with Crippen LogP contribution in [0.15, 0.2) is 12.4 Å². The maximum atomic E-state index is 6.32. The lowest BCUT2D eigenvalue weighted by atomic mass is 9.75. The van der Waals surface area contributed by atoms with Gasteiger partial charge < -0.3 is 19.4 Å². The van der Waals surface area contributed by atoms with Gasteiger partial charge in [0, 0.05) is 19.6 Å². The molecule has 1 aromatic heterocycles. The van der Waals surface area contributed by atoms with Crippen molar-refractivity contribution in [3.05, 3.63) is 12.4 Å². The van der Waals surface area contributed by atoms with Gasteiger partial charge in [-0.1, -0.05) is 0 Å². The molecule has 6 rings (SSSR count). The summed E-state index contributed by atoms with van der Waals surface area (Å²) < 4.78 is 6.30. The molecule has 0 radical (unpaired) electrons. The number of hydrogen-bond donors (Lipinski definition) is 1. The molecule has 5 saturated heterocycles. The fraction of sp³-hybridized carbons (Fsp3) is 0.765. The number of anilines is 2. The number of hydrogen-bond acceptors (Lipinski definition) is 7. The molecule has 0 aromatic carbocycles. The fourth-order valence-electron chi connectivity index (χ4n) is 4.94. The smallest absolute Gasteiger partial charge is 0.186 e. The molecular weight excluding hydrogens is 304 g/mol. The fourth-order valence-corrected chi connectivity index (χ4v) is 4.94. The predicted octanol–water partition coefficient (Wildman–Crippen LogP) is 0.620. The van der Waals surface area contributed by atoms with Gasteiger partial charge in [-0.2, -0.15) is 0 Å². The van der Waals surface area contributed by atoms with E-state index in [9.17, 15) is 0 Å². The monoisotopic (exact) mass is 330 g/mol. The van der Waals surface area contributed by atoms with Gasteiger partial charge >= 0.3 is 0 Å². The van der Waals surface area contributed by atoms with Crippen molar-refractivity contribution in [1.29, 1.82) is 0 Å². The number of ether oxygens (including phenoxy) is 1. The second-order valence-electron chi connectivity index (χ2n) is 7.68. The summed E-state index contributed by atoms with van der Waals surface area (Å²) >= 11 is 0. The molecule has 0 saturated carbocycles. The normalized spacial score (nSPS) is 38.5. The van der Waals surface area contributed by atoms with Gasteiger partial charge in [-0.05, 0) is 44.7 Å². The summed E-state index contributed by atoms with van der Waals surface area (Å²) in [6, 6.07) is 0. The summed E-state index contributed by atoms with van der Waals surface area (Å²) in [5.74, 6) is 2.43. The Balaban J connectivity index is 1.35. The molecule has 0 amide bonds. The second kappa shape index (κ2) is 5.54. The van der Waals surface area contributed by atoms with Crippen LogP contribution in [-0.4, -0.2) is 66.1 Å². The number of fused-ring (bicyclic) bond motifs is 2. The van der Waals surface area contributed by atoms with Gasteiger partial charge in [0.05, 0.1) is 18.9 Å². The Hall–Kier alpha value is -1.44. The molecule has 5 fully saturated rings. The van der Waals surface area contributed by atoms with Crippen molar-refractivity contribution in [2.45, 2.75) is 37.6 Å². The lowest BCUT2D eigenvalue weighted by Crippen LogP contribution is -2.61. The molecule has 2 unspecified atom stereocenters. The molecule has 0 aliphatic carbocycles. The van der Waals surface area contributed by atoms with Crippen LogP contribution < -0.4 is 15.5 Å². The standard InChI is InChI=1S/C17H26N6O/c18-16-23(12-17(24-16)11-21-7-3-13(17)4-8-21)15-10-19-14(9-20-15)22-5-1-2-6-22/h9-10,13,16H,1-8,11-12,18H2. The van der Waals surface area contributed by atoms with Crippen LogP contribution in [0, 0.1) is 5.92 Å². The summed E-state index contributed by atoms with van der Waals surface area (Å²) in [6.45, 7) is 6.40. The van der Waals surface area contributed by atoms with Crippen LogP contribution in [-0.2, 0) is 4.74 Å². The van der Waals surface area contributed by atoms with Gasteiger partial charge in [0.2, 0.25) is 0 Å². The Bertz CT molecular complexity index is 596. The quantitative estimate of drug-likeness (QED) is 0.852. The first-order chi connectivity index (χ1) is 11.7. The topological polar surface area (TPSA) is 70.8 Å². The summed E-state index contributed by atoms with van der Waals surface area (Å²) in [4.78, 5) is 16.2. The zero-order valence-corrected chi connectivity index (χ0v) is 14.1. The van der Waals surface area contributed by atoms with E-state index in [-0.39, 0.29) is 5.60 Å². The van der Waals surface area contributed by atoms with Crippen molar-refractivity contribution >= 4 is 11.6 Å². The highest BCUT2D eigenvalue weighted by Gasteiger charge is 2.54. The van der Waals surface area contributed by atoms with Crippen LogP contribution in [0.2, 0.25) is 0 Å². The van der Waals surface area contributed by atoms with E-state index in [1.54, 1.807) is 0 Å². The van der Waals surface area contributed by atoms with E-state index in [1.165, 1.54) is 38.8 Å². The van der Waals surface area contributed by atoms with E-state index in [0.717, 1.165) is 37.8 Å². The van der Waals surface area contributed by atoms with Crippen molar-refractivity contribution < 1.29 is 4.74 Å². The molecule has 130 valence electrons. The second-order valence-corrected chi connectivity index (χ2v) is 7.68. The molecule has 6 heterocycles. The third kappa shape index (κ3) is 2.29. The minimum atomic E-state index is -0.419. The molecule has 5 aliphatic rings. The Labute approximate surface area is 142 Å². The molecule has 2 bridgehead atoms. The van der Waals surface area contributed by atoms with Crippen molar-refractivity contribution in [1.82, 2.24) is 14.9 Å². The molecule has 2 atom stereocenters. The van der Waals surface area contributed by atoms with Gasteiger partial charge in [0.1, 0.15) is 17.2 Å². The lowest BCUT2D eigenvalue weighted by molar-refractivity contribution is -0.137. The summed E-state index contributed by atoms with van der Waals surface area (Å²) in [5.41, 5.74) is 6.20. The maximum absolute atomic E-state index is 6.32. The van der Waals surface area contributed by atoms with Gasteiger partial charge in [-0.15, -0.1) is 0 Å². The molecule has 24 heavy (non-hydrogen) atoms. The molecular formula is C17H26N6O. The highest BCUT2D eigenvalue weighted by molar-refractivity contribution is 5.45. The first-order valence-electron chi connectivity index (χ1n) is 9.23. The van der Waals surface area contributed by atoms with E-state index < -0.39 is 6.35 Å². The van der Waals surface area contributed by atoms with Crippen LogP contribution in [0.4, 0.5) is 11.6 Å². The van der Waals surface area contributed by atoms with E-state index in [0.29, 0.717) is 5.92 Å². The van der Waals surface area contributed by atoms with Crippen LogP contribution in [0.5, 0.6) is 0 Å². The van der Waals surface area contributed by atoms with Crippen LogP contribution in [0.3, 0.4) is 0 Å². The van der Waals surface area contributed by atoms with Gasteiger partial charge in [-0.25, -0.2) is 9.97 Å². The van der Waals surface area contributed by atoms with E-state index in [1.807, 2.05) is 12.4 Å². The Kier molecular flexibility index (Phi) is 3.43. The van der Waals surface area contributed by atoms with Crippen LogP contribution in [0.25, 0.3) is 0 Å². The summed E-state index contributed by atoms with van der Waals surface area (Å²) in [5, 5.41) is 0. The number of piperidine rings is 3. The lowest BCUT2D eigenvalue weighted by Gasteiger charge is -2.50. The van der Waals surface area contributed by atoms with Crippen molar-refractivity contribution in [3.8, 4) is 0 Å². The maximum Gasteiger partial charge on any atom is 0.186 e. The van der Waals surface area contributed by atoms with E-state index in [4.69, 9.17) is 10.5 Å². The average Bonchev–Trinajstić information content (AvgIpc) is 3.25. The third-order valence-electron chi connectivity index (χ3n) is 6.27. The predicted molar refractivity (Wildman–Crippen MR) is 91.8 cm³/mol. The minimum Gasteiger partial charge on any atom is -0.355 e. The highest BCUT2D eigenvalue weighted by Crippen LogP contribution is 2.43. The number of nitrogens with zero attached hydrogens (tertiary/aromatic N) is 5. The van der Waals surface area contributed by atoms with Crippen LogP contribution >= 0.6 is 0 Å². The molecule has 1 aromatic rings.